The fourth-order valence-corrected chi connectivity index (χ4v) is 2.67. The molecule has 0 aromatic heterocycles. The maximum Gasteiger partial charge on any atom is 0.223 e. The van der Waals surface area contributed by atoms with Crippen molar-refractivity contribution in [2.24, 2.45) is 5.92 Å². The zero-order valence-corrected chi connectivity index (χ0v) is 7.73. The highest BCUT2D eigenvalue weighted by atomic mass is 16.2. The molecule has 2 fully saturated rings. The first-order valence-corrected chi connectivity index (χ1v) is 5.04. The number of amides is 1. The van der Waals surface area contributed by atoms with Gasteiger partial charge in [-0.3, -0.25) is 4.79 Å². The molecule has 0 bridgehead atoms. The van der Waals surface area contributed by atoms with Crippen LogP contribution in [0.15, 0.2) is 0 Å². The van der Waals surface area contributed by atoms with E-state index in [9.17, 15) is 4.79 Å². The van der Waals surface area contributed by atoms with E-state index in [-0.39, 0.29) is 17.4 Å². The van der Waals surface area contributed by atoms with E-state index in [1.807, 2.05) is 6.92 Å². The maximum atomic E-state index is 11.3. The van der Waals surface area contributed by atoms with Gasteiger partial charge < -0.3 is 5.32 Å². The van der Waals surface area contributed by atoms with Crippen LogP contribution in [0.4, 0.5) is 0 Å². The lowest BCUT2D eigenvalue weighted by Gasteiger charge is -2.33. The molecule has 2 aliphatic rings. The molecule has 2 nitrogen and oxygen atoms in total. The van der Waals surface area contributed by atoms with Crippen molar-refractivity contribution >= 4 is 5.91 Å². The minimum absolute atomic E-state index is 0.217. The number of nitrogens with one attached hydrogen (secondary N) is 1. The maximum absolute atomic E-state index is 11.3. The lowest BCUT2D eigenvalue weighted by Crippen LogP contribution is -2.42. The molecule has 12 heavy (non-hydrogen) atoms. The molecule has 1 unspecified atom stereocenters. The highest BCUT2D eigenvalue weighted by Crippen LogP contribution is 2.37. The van der Waals surface area contributed by atoms with Crippen LogP contribution in [-0.2, 0) is 4.79 Å². The van der Waals surface area contributed by atoms with Crippen LogP contribution in [0.1, 0.15) is 45.4 Å². The van der Waals surface area contributed by atoms with Gasteiger partial charge in [-0.2, -0.15) is 0 Å². The molecular weight excluding hydrogens is 150 g/mol. The van der Waals surface area contributed by atoms with Gasteiger partial charge in [0, 0.05) is 11.5 Å². The third-order valence-corrected chi connectivity index (χ3v) is 3.34. The monoisotopic (exact) mass is 167 g/mol. The van der Waals surface area contributed by atoms with Gasteiger partial charge in [0.1, 0.15) is 0 Å². The molecular formula is C10H17NO. The molecule has 2 rings (SSSR count). The Balaban J connectivity index is 2.07. The Labute approximate surface area is 73.7 Å². The average molecular weight is 167 g/mol. The van der Waals surface area contributed by atoms with Crippen molar-refractivity contribution in [2.45, 2.75) is 51.0 Å². The van der Waals surface area contributed by atoms with Gasteiger partial charge in [-0.15, -0.1) is 0 Å². The first-order valence-electron chi connectivity index (χ1n) is 5.04. The van der Waals surface area contributed by atoms with Crippen molar-refractivity contribution in [2.75, 3.05) is 0 Å². The fourth-order valence-electron chi connectivity index (χ4n) is 2.67. The van der Waals surface area contributed by atoms with E-state index >= 15 is 0 Å². The van der Waals surface area contributed by atoms with E-state index in [4.69, 9.17) is 0 Å². The largest absolute Gasteiger partial charge is 0.350 e. The van der Waals surface area contributed by atoms with Crippen molar-refractivity contribution in [1.29, 1.82) is 0 Å². The van der Waals surface area contributed by atoms with Crippen molar-refractivity contribution in [3.8, 4) is 0 Å². The SMILES string of the molecule is CC1CC2(CCCCC2)NC1=O. The Morgan fingerprint density at radius 2 is 2.00 bits per heavy atom. The van der Waals surface area contributed by atoms with Gasteiger partial charge in [0.15, 0.2) is 0 Å². The van der Waals surface area contributed by atoms with Gasteiger partial charge in [0.2, 0.25) is 5.91 Å². The molecule has 1 aliphatic heterocycles. The normalized spacial score (nSPS) is 33.8. The molecule has 68 valence electrons. The zero-order valence-electron chi connectivity index (χ0n) is 7.73. The van der Waals surface area contributed by atoms with Crippen molar-refractivity contribution in [1.82, 2.24) is 5.32 Å². The van der Waals surface area contributed by atoms with Gasteiger partial charge in [-0.25, -0.2) is 0 Å². The van der Waals surface area contributed by atoms with E-state index in [1.165, 1.54) is 32.1 Å². The summed E-state index contributed by atoms with van der Waals surface area (Å²) in [6.07, 6.45) is 7.45. The molecule has 2 heteroatoms. The summed E-state index contributed by atoms with van der Waals surface area (Å²) in [6.45, 7) is 2.04. The molecule has 1 heterocycles. The molecule has 1 amide bonds. The molecule has 0 aromatic rings. The predicted molar refractivity (Wildman–Crippen MR) is 47.7 cm³/mol. The molecule has 1 saturated carbocycles. The molecule has 1 spiro atoms. The lowest BCUT2D eigenvalue weighted by molar-refractivity contribution is -0.122. The zero-order chi connectivity index (χ0) is 8.60. The van der Waals surface area contributed by atoms with Crippen LogP contribution in [0.3, 0.4) is 0 Å². The number of carbonyl (C=O) groups excluding carboxylic acids is 1. The standard InChI is InChI=1S/C10H17NO/c1-8-7-10(11-9(8)12)5-3-2-4-6-10/h8H,2-7H2,1H3,(H,11,12). The predicted octanol–water partition coefficient (Wildman–Crippen LogP) is 1.85. The average Bonchev–Trinajstić information content (AvgIpc) is 2.29. The smallest absolute Gasteiger partial charge is 0.223 e. The number of hydrogen-bond donors (Lipinski definition) is 1. The second-order valence-corrected chi connectivity index (χ2v) is 4.44. The summed E-state index contributed by atoms with van der Waals surface area (Å²) < 4.78 is 0. The van der Waals surface area contributed by atoms with E-state index in [2.05, 4.69) is 5.32 Å². The molecule has 1 aliphatic carbocycles. The Morgan fingerprint density at radius 1 is 1.33 bits per heavy atom. The second-order valence-electron chi connectivity index (χ2n) is 4.44. The van der Waals surface area contributed by atoms with E-state index < -0.39 is 0 Å². The van der Waals surface area contributed by atoms with Crippen LogP contribution in [0.25, 0.3) is 0 Å². The van der Waals surface area contributed by atoms with Crippen LogP contribution in [0.2, 0.25) is 0 Å². The van der Waals surface area contributed by atoms with Gasteiger partial charge in [-0.1, -0.05) is 26.2 Å². The first kappa shape index (κ1) is 8.09. The summed E-state index contributed by atoms with van der Waals surface area (Å²) in [5.74, 6) is 0.528. The van der Waals surface area contributed by atoms with Crippen LogP contribution < -0.4 is 5.32 Å². The Bertz CT molecular complexity index is 194. The number of carbonyl (C=O) groups is 1. The molecule has 1 N–H and O–H groups in total. The van der Waals surface area contributed by atoms with E-state index in [0.29, 0.717) is 0 Å². The third-order valence-electron chi connectivity index (χ3n) is 3.34. The molecule has 0 aromatic carbocycles. The highest BCUT2D eigenvalue weighted by Gasteiger charge is 2.42. The summed E-state index contributed by atoms with van der Waals surface area (Å²) in [5, 5.41) is 3.18. The van der Waals surface area contributed by atoms with Gasteiger partial charge in [0.05, 0.1) is 0 Å². The summed E-state index contributed by atoms with van der Waals surface area (Å²) >= 11 is 0. The number of hydrogen-bond acceptors (Lipinski definition) is 1. The highest BCUT2D eigenvalue weighted by molar-refractivity contribution is 5.81. The van der Waals surface area contributed by atoms with Crippen LogP contribution >= 0.6 is 0 Å². The summed E-state index contributed by atoms with van der Waals surface area (Å²) in [6, 6.07) is 0. The quantitative estimate of drug-likeness (QED) is 0.586. The summed E-state index contributed by atoms with van der Waals surface area (Å²) in [5.41, 5.74) is 0.217. The minimum atomic E-state index is 0.217. The van der Waals surface area contributed by atoms with Crippen molar-refractivity contribution in [3.05, 3.63) is 0 Å². The molecule has 1 saturated heterocycles. The van der Waals surface area contributed by atoms with Crippen molar-refractivity contribution < 1.29 is 4.79 Å². The molecule has 1 atom stereocenters. The summed E-state index contributed by atoms with van der Waals surface area (Å²) in [4.78, 5) is 11.3. The summed E-state index contributed by atoms with van der Waals surface area (Å²) in [7, 11) is 0. The molecule has 0 radical (unpaired) electrons. The van der Waals surface area contributed by atoms with Crippen LogP contribution in [0, 0.1) is 5.92 Å². The third kappa shape index (κ3) is 1.23. The van der Waals surface area contributed by atoms with E-state index in [1.54, 1.807) is 0 Å². The van der Waals surface area contributed by atoms with Gasteiger partial charge in [0.25, 0.3) is 0 Å². The first-order chi connectivity index (χ1) is 5.72. The van der Waals surface area contributed by atoms with Crippen LogP contribution in [0.5, 0.6) is 0 Å². The van der Waals surface area contributed by atoms with Gasteiger partial charge >= 0.3 is 0 Å². The topological polar surface area (TPSA) is 29.1 Å². The minimum Gasteiger partial charge on any atom is -0.350 e. The van der Waals surface area contributed by atoms with Crippen molar-refractivity contribution in [3.63, 3.8) is 0 Å². The van der Waals surface area contributed by atoms with E-state index in [0.717, 1.165) is 6.42 Å². The Hall–Kier alpha value is -0.530. The lowest BCUT2D eigenvalue weighted by atomic mass is 9.79. The van der Waals surface area contributed by atoms with Crippen LogP contribution in [-0.4, -0.2) is 11.4 Å². The Morgan fingerprint density at radius 3 is 2.50 bits per heavy atom. The fraction of sp³-hybridized carbons (Fsp3) is 0.900. The number of rotatable bonds is 0. The second kappa shape index (κ2) is 2.75. The van der Waals surface area contributed by atoms with Gasteiger partial charge in [-0.05, 0) is 19.3 Å². The Kier molecular flexibility index (Phi) is 1.85.